The molecule has 3 N–H and O–H groups in total. The standard InChI is InChI=1S/C21H29N7OS/c22-14-16-4-5-18-19(13-16)25-21(24-18)27-9-7-26(8-10-27)6-2-1-3-17(23)20(29)28-11-12-30-15-28/h4-5,13,17H,1-3,6-12,15,23H2,(H,24,25). The Morgan fingerprint density at radius 2 is 2.10 bits per heavy atom. The van der Waals surface area contributed by atoms with E-state index in [0.29, 0.717) is 5.56 Å². The van der Waals surface area contributed by atoms with Gasteiger partial charge < -0.3 is 20.5 Å². The fourth-order valence-electron chi connectivity index (χ4n) is 4.04. The predicted octanol–water partition coefficient (Wildman–Crippen LogP) is 1.59. The fourth-order valence-corrected chi connectivity index (χ4v) is 5.00. The summed E-state index contributed by atoms with van der Waals surface area (Å²) in [7, 11) is 0. The average molecular weight is 428 g/mol. The first-order chi connectivity index (χ1) is 14.6. The third-order valence-electron chi connectivity index (χ3n) is 5.89. The van der Waals surface area contributed by atoms with Crippen LogP contribution in [-0.4, -0.2) is 82.6 Å². The zero-order valence-corrected chi connectivity index (χ0v) is 18.0. The van der Waals surface area contributed by atoms with Gasteiger partial charge in [0.05, 0.1) is 34.6 Å². The molecule has 3 heterocycles. The minimum atomic E-state index is -0.352. The minimum Gasteiger partial charge on any atom is -0.340 e. The second-order valence-electron chi connectivity index (χ2n) is 7.97. The molecule has 0 bridgehead atoms. The van der Waals surface area contributed by atoms with Crippen LogP contribution in [0.3, 0.4) is 0 Å². The third-order valence-corrected chi connectivity index (χ3v) is 6.86. The molecule has 2 saturated heterocycles. The lowest BCUT2D eigenvalue weighted by atomic mass is 10.1. The number of aromatic nitrogens is 2. The lowest BCUT2D eigenvalue weighted by Gasteiger charge is -2.34. The number of nitrogens with two attached hydrogens (primary N) is 1. The Labute approximate surface area is 181 Å². The highest BCUT2D eigenvalue weighted by Crippen LogP contribution is 2.20. The van der Waals surface area contributed by atoms with Crippen molar-refractivity contribution in [2.75, 3.05) is 55.8 Å². The average Bonchev–Trinajstić information content (AvgIpc) is 3.46. The number of carbonyl (C=O) groups excluding carboxylic acids is 1. The summed E-state index contributed by atoms with van der Waals surface area (Å²) in [6, 6.07) is 7.35. The Morgan fingerprint density at radius 3 is 2.83 bits per heavy atom. The van der Waals surface area contributed by atoms with E-state index in [-0.39, 0.29) is 11.9 Å². The Kier molecular flexibility index (Phi) is 6.77. The number of imidazole rings is 1. The number of fused-ring (bicyclic) bond motifs is 1. The van der Waals surface area contributed by atoms with Crippen molar-refractivity contribution in [1.29, 1.82) is 5.26 Å². The first kappa shape index (κ1) is 21.0. The lowest BCUT2D eigenvalue weighted by molar-refractivity contribution is -0.131. The van der Waals surface area contributed by atoms with Gasteiger partial charge in [-0.15, -0.1) is 11.8 Å². The van der Waals surface area contributed by atoms with Crippen molar-refractivity contribution in [1.82, 2.24) is 19.8 Å². The van der Waals surface area contributed by atoms with Crippen LogP contribution in [0.1, 0.15) is 24.8 Å². The van der Waals surface area contributed by atoms with E-state index in [4.69, 9.17) is 11.0 Å². The van der Waals surface area contributed by atoms with E-state index < -0.39 is 0 Å². The molecule has 1 atom stereocenters. The lowest BCUT2D eigenvalue weighted by Crippen LogP contribution is -2.47. The molecule has 4 rings (SSSR count). The summed E-state index contributed by atoms with van der Waals surface area (Å²) in [6.45, 7) is 5.73. The van der Waals surface area contributed by atoms with Crippen molar-refractivity contribution in [3.63, 3.8) is 0 Å². The maximum atomic E-state index is 12.3. The van der Waals surface area contributed by atoms with Crippen LogP contribution in [-0.2, 0) is 4.79 Å². The van der Waals surface area contributed by atoms with Crippen molar-refractivity contribution < 1.29 is 4.79 Å². The number of hydrogen-bond acceptors (Lipinski definition) is 7. The van der Waals surface area contributed by atoms with E-state index in [2.05, 4.69) is 25.8 Å². The fraction of sp³-hybridized carbons (Fsp3) is 0.571. The normalized spacial score (nSPS) is 18.7. The van der Waals surface area contributed by atoms with Gasteiger partial charge in [-0.3, -0.25) is 9.69 Å². The van der Waals surface area contributed by atoms with Crippen molar-refractivity contribution >= 4 is 34.7 Å². The van der Waals surface area contributed by atoms with Crippen LogP contribution < -0.4 is 10.6 Å². The summed E-state index contributed by atoms with van der Waals surface area (Å²) < 4.78 is 0. The number of thioether (sulfide) groups is 1. The molecule has 1 amide bonds. The number of piperazine rings is 1. The van der Waals surface area contributed by atoms with Crippen molar-refractivity contribution in [2.24, 2.45) is 5.73 Å². The predicted molar refractivity (Wildman–Crippen MR) is 120 cm³/mol. The molecule has 1 unspecified atom stereocenters. The van der Waals surface area contributed by atoms with Gasteiger partial charge in [-0.25, -0.2) is 4.98 Å². The molecule has 1 aromatic carbocycles. The van der Waals surface area contributed by atoms with Gasteiger partial charge in [0.2, 0.25) is 11.9 Å². The van der Waals surface area contributed by atoms with Gasteiger partial charge in [0.25, 0.3) is 0 Å². The van der Waals surface area contributed by atoms with E-state index in [0.717, 1.165) is 87.1 Å². The highest BCUT2D eigenvalue weighted by atomic mass is 32.2. The van der Waals surface area contributed by atoms with Crippen molar-refractivity contribution in [3.8, 4) is 6.07 Å². The Bertz CT molecular complexity index is 910. The number of hydrogen-bond donors (Lipinski definition) is 2. The smallest absolute Gasteiger partial charge is 0.240 e. The quantitative estimate of drug-likeness (QED) is 0.647. The molecule has 0 aliphatic carbocycles. The highest BCUT2D eigenvalue weighted by Gasteiger charge is 2.24. The summed E-state index contributed by atoms with van der Waals surface area (Å²) in [4.78, 5) is 26.9. The maximum absolute atomic E-state index is 12.3. The topological polar surface area (TPSA) is 105 Å². The second-order valence-corrected chi connectivity index (χ2v) is 9.05. The van der Waals surface area contributed by atoms with Gasteiger partial charge in [-0.05, 0) is 37.6 Å². The van der Waals surface area contributed by atoms with Gasteiger partial charge in [0, 0.05) is 38.5 Å². The van der Waals surface area contributed by atoms with Gasteiger partial charge >= 0.3 is 0 Å². The molecule has 160 valence electrons. The van der Waals surface area contributed by atoms with Crippen LogP contribution in [0.4, 0.5) is 5.95 Å². The Hall–Kier alpha value is -2.28. The van der Waals surface area contributed by atoms with E-state index >= 15 is 0 Å². The minimum absolute atomic E-state index is 0.112. The van der Waals surface area contributed by atoms with Gasteiger partial charge in [0.15, 0.2) is 0 Å². The summed E-state index contributed by atoms with van der Waals surface area (Å²) in [6.07, 6.45) is 2.82. The number of H-pyrrole nitrogens is 1. The van der Waals surface area contributed by atoms with E-state index in [1.54, 1.807) is 17.8 Å². The summed E-state index contributed by atoms with van der Waals surface area (Å²) in [5, 5.41) is 9.05. The summed E-state index contributed by atoms with van der Waals surface area (Å²) in [5.74, 6) is 2.81. The van der Waals surface area contributed by atoms with Crippen LogP contribution in [0, 0.1) is 11.3 Å². The van der Waals surface area contributed by atoms with Crippen molar-refractivity contribution in [3.05, 3.63) is 23.8 Å². The molecule has 1 aromatic heterocycles. The molecular formula is C21H29N7OS. The first-order valence-corrected chi connectivity index (χ1v) is 11.8. The molecule has 0 spiro atoms. The molecule has 9 heteroatoms. The summed E-state index contributed by atoms with van der Waals surface area (Å²) in [5.41, 5.74) is 8.54. The molecule has 2 aliphatic rings. The number of rotatable bonds is 7. The molecule has 2 aliphatic heterocycles. The van der Waals surface area contributed by atoms with Crippen LogP contribution in [0.5, 0.6) is 0 Å². The molecule has 0 saturated carbocycles. The summed E-state index contributed by atoms with van der Waals surface area (Å²) >= 11 is 1.80. The van der Waals surface area contributed by atoms with Crippen LogP contribution >= 0.6 is 11.8 Å². The molecule has 30 heavy (non-hydrogen) atoms. The zero-order chi connectivity index (χ0) is 20.9. The Morgan fingerprint density at radius 1 is 1.27 bits per heavy atom. The molecule has 0 radical (unpaired) electrons. The monoisotopic (exact) mass is 427 g/mol. The third kappa shape index (κ3) is 4.89. The second kappa shape index (κ2) is 9.69. The first-order valence-electron chi connectivity index (χ1n) is 10.6. The number of carbonyl (C=O) groups is 1. The number of nitrogens with zero attached hydrogens (tertiary/aromatic N) is 5. The van der Waals surface area contributed by atoms with Crippen LogP contribution in [0.25, 0.3) is 11.0 Å². The number of benzene rings is 1. The largest absolute Gasteiger partial charge is 0.340 e. The highest BCUT2D eigenvalue weighted by molar-refractivity contribution is 7.99. The molecule has 8 nitrogen and oxygen atoms in total. The van der Waals surface area contributed by atoms with Crippen molar-refractivity contribution in [2.45, 2.75) is 25.3 Å². The molecular weight excluding hydrogens is 398 g/mol. The van der Waals surface area contributed by atoms with Crippen LogP contribution in [0.2, 0.25) is 0 Å². The number of aromatic amines is 1. The zero-order valence-electron chi connectivity index (χ0n) is 17.2. The number of nitriles is 1. The van der Waals surface area contributed by atoms with Gasteiger partial charge in [0.1, 0.15) is 0 Å². The van der Waals surface area contributed by atoms with Gasteiger partial charge in [-0.1, -0.05) is 6.42 Å². The number of unbranched alkanes of at least 4 members (excludes halogenated alkanes) is 1. The number of amides is 1. The maximum Gasteiger partial charge on any atom is 0.240 e. The van der Waals surface area contributed by atoms with E-state index in [1.165, 1.54) is 0 Å². The number of anilines is 1. The number of nitrogens with one attached hydrogen (secondary N) is 1. The van der Waals surface area contributed by atoms with Crippen LogP contribution in [0.15, 0.2) is 18.2 Å². The Balaban J connectivity index is 1.18. The molecule has 2 aromatic rings. The molecule has 2 fully saturated rings. The SMILES string of the molecule is N#Cc1ccc2nc(N3CCN(CCCCC(N)C(=O)N4CCSC4)CC3)[nH]c2c1. The van der Waals surface area contributed by atoms with Gasteiger partial charge in [-0.2, -0.15) is 5.26 Å². The van der Waals surface area contributed by atoms with E-state index in [9.17, 15) is 4.79 Å². The van der Waals surface area contributed by atoms with E-state index in [1.807, 2.05) is 17.0 Å².